The highest BCUT2D eigenvalue weighted by Gasteiger charge is 2.30. The Hall–Kier alpha value is -1.75. The van der Waals surface area contributed by atoms with E-state index in [2.05, 4.69) is 0 Å². The minimum absolute atomic E-state index is 0.00989. The summed E-state index contributed by atoms with van der Waals surface area (Å²) in [5.41, 5.74) is 0.136. The van der Waals surface area contributed by atoms with Gasteiger partial charge in [0.25, 0.3) is 0 Å². The number of aromatic hydroxyl groups is 2. The molecule has 0 saturated carbocycles. The smallest absolute Gasteiger partial charge is 0.304 e. The first kappa shape index (κ1) is 16.3. The molecule has 0 aromatic heterocycles. The molecule has 0 saturated heterocycles. The lowest BCUT2D eigenvalue weighted by Crippen LogP contribution is -2.44. The van der Waals surface area contributed by atoms with Crippen LogP contribution in [0.5, 0.6) is 11.5 Å². The molecule has 1 unspecified atom stereocenters. The van der Waals surface area contributed by atoms with Gasteiger partial charge in [0.15, 0.2) is 0 Å². The highest BCUT2D eigenvalue weighted by atomic mass is 16.4. The van der Waals surface area contributed by atoms with Crippen molar-refractivity contribution in [2.45, 2.75) is 45.7 Å². The summed E-state index contributed by atoms with van der Waals surface area (Å²) in [6.07, 6.45) is 0.00989. The van der Waals surface area contributed by atoms with Crippen molar-refractivity contribution in [2.24, 2.45) is 0 Å². The van der Waals surface area contributed by atoms with Crippen LogP contribution in [0.1, 0.15) is 45.7 Å². The lowest BCUT2D eigenvalue weighted by atomic mass is 9.97. The highest BCUT2D eigenvalue weighted by molar-refractivity contribution is 5.66. The number of hydrogen-bond donors (Lipinski definition) is 3. The van der Waals surface area contributed by atoms with Crippen LogP contribution in [0.25, 0.3) is 0 Å². The molecule has 1 aromatic carbocycles. The zero-order valence-electron chi connectivity index (χ0n) is 12.4. The number of aliphatic carboxylic acids is 1. The van der Waals surface area contributed by atoms with Crippen LogP contribution in [-0.2, 0) is 4.79 Å². The molecule has 1 atom stereocenters. The third-order valence-corrected chi connectivity index (χ3v) is 3.37. The van der Waals surface area contributed by atoms with E-state index in [0.29, 0.717) is 12.1 Å². The Bertz CT molecular complexity index is 459. The summed E-state index contributed by atoms with van der Waals surface area (Å²) in [6, 6.07) is 4.31. The molecule has 112 valence electrons. The van der Waals surface area contributed by atoms with Crippen molar-refractivity contribution in [1.29, 1.82) is 0 Å². The molecule has 20 heavy (non-hydrogen) atoms. The Balaban J connectivity index is 3.10. The van der Waals surface area contributed by atoms with Crippen LogP contribution in [0.4, 0.5) is 0 Å². The number of benzene rings is 1. The predicted molar refractivity (Wildman–Crippen MR) is 76.9 cm³/mol. The highest BCUT2D eigenvalue weighted by Crippen LogP contribution is 2.38. The second kappa shape index (κ2) is 6.13. The SMILES string of the molecule is CC(c1c(O)cccc1O)N(CCC(=O)O)C(C)(C)C. The summed E-state index contributed by atoms with van der Waals surface area (Å²) in [5, 5.41) is 28.8. The van der Waals surface area contributed by atoms with Crippen LogP contribution in [0.3, 0.4) is 0 Å². The third-order valence-electron chi connectivity index (χ3n) is 3.37. The van der Waals surface area contributed by atoms with Crippen LogP contribution < -0.4 is 0 Å². The first-order chi connectivity index (χ1) is 9.14. The molecule has 0 aliphatic heterocycles. The second-order valence-corrected chi connectivity index (χ2v) is 5.89. The Morgan fingerprint density at radius 1 is 1.25 bits per heavy atom. The van der Waals surface area contributed by atoms with Gasteiger partial charge in [0.1, 0.15) is 11.5 Å². The monoisotopic (exact) mass is 281 g/mol. The van der Waals surface area contributed by atoms with Gasteiger partial charge in [-0.05, 0) is 39.8 Å². The molecular formula is C15H23NO4. The van der Waals surface area contributed by atoms with E-state index in [0.717, 1.165) is 0 Å². The molecule has 0 amide bonds. The van der Waals surface area contributed by atoms with E-state index >= 15 is 0 Å². The zero-order chi connectivity index (χ0) is 15.5. The number of phenolic OH excluding ortho intramolecular Hbond substituents is 2. The molecule has 0 spiro atoms. The predicted octanol–water partition coefficient (Wildman–Crippen LogP) is 2.73. The van der Waals surface area contributed by atoms with Crippen LogP contribution in [0.15, 0.2) is 18.2 Å². The van der Waals surface area contributed by atoms with Gasteiger partial charge in [-0.3, -0.25) is 9.69 Å². The number of carboxylic acids is 1. The summed E-state index contributed by atoms with van der Waals surface area (Å²) in [5.74, 6) is -0.836. The largest absolute Gasteiger partial charge is 0.507 e. The first-order valence-electron chi connectivity index (χ1n) is 6.64. The van der Waals surface area contributed by atoms with Crippen LogP contribution in [0.2, 0.25) is 0 Å². The van der Waals surface area contributed by atoms with Gasteiger partial charge in [-0.25, -0.2) is 0 Å². The second-order valence-electron chi connectivity index (χ2n) is 5.89. The summed E-state index contributed by atoms with van der Waals surface area (Å²) < 4.78 is 0. The van der Waals surface area contributed by atoms with Gasteiger partial charge >= 0.3 is 5.97 Å². The Labute approximate surface area is 119 Å². The summed E-state index contributed by atoms with van der Waals surface area (Å²) in [6.45, 7) is 8.11. The average Bonchev–Trinajstić information content (AvgIpc) is 2.26. The van der Waals surface area contributed by atoms with Gasteiger partial charge in [-0.1, -0.05) is 6.07 Å². The molecule has 5 nitrogen and oxygen atoms in total. The van der Waals surface area contributed by atoms with Crippen LogP contribution in [-0.4, -0.2) is 38.3 Å². The van der Waals surface area contributed by atoms with E-state index in [1.54, 1.807) is 6.07 Å². The molecule has 0 heterocycles. The van der Waals surface area contributed by atoms with E-state index in [4.69, 9.17) is 5.11 Å². The number of carbonyl (C=O) groups is 1. The minimum Gasteiger partial charge on any atom is -0.507 e. The van der Waals surface area contributed by atoms with E-state index in [-0.39, 0.29) is 29.5 Å². The van der Waals surface area contributed by atoms with Crippen molar-refractivity contribution in [3.8, 4) is 11.5 Å². The minimum atomic E-state index is -0.868. The fourth-order valence-corrected chi connectivity index (χ4v) is 2.45. The maximum absolute atomic E-state index is 10.8. The normalized spacial score (nSPS) is 13.4. The van der Waals surface area contributed by atoms with Crippen molar-refractivity contribution >= 4 is 5.97 Å². The maximum atomic E-state index is 10.8. The molecular weight excluding hydrogens is 258 g/mol. The Morgan fingerprint density at radius 2 is 1.75 bits per heavy atom. The van der Waals surface area contributed by atoms with Gasteiger partial charge in [-0.2, -0.15) is 0 Å². The number of rotatable bonds is 5. The standard InChI is InChI=1S/C15H23NO4/c1-10(14-11(17)6-5-7-12(14)18)16(15(2,3)4)9-8-13(19)20/h5-7,10,17-18H,8-9H2,1-4H3,(H,19,20). The number of hydrogen-bond acceptors (Lipinski definition) is 4. The van der Waals surface area contributed by atoms with Crippen molar-refractivity contribution < 1.29 is 20.1 Å². The molecule has 1 aromatic rings. The quantitative estimate of drug-likeness (QED) is 0.773. The van der Waals surface area contributed by atoms with Gasteiger partial charge in [-0.15, -0.1) is 0 Å². The average molecular weight is 281 g/mol. The van der Waals surface area contributed by atoms with Gasteiger partial charge in [0.05, 0.1) is 12.0 Å². The molecule has 0 aliphatic rings. The Kier molecular flexibility index (Phi) is 5.00. The number of nitrogens with zero attached hydrogens (tertiary/aromatic N) is 1. The van der Waals surface area contributed by atoms with E-state index < -0.39 is 5.97 Å². The van der Waals surface area contributed by atoms with Crippen LogP contribution in [0, 0.1) is 0 Å². The fourth-order valence-electron chi connectivity index (χ4n) is 2.45. The summed E-state index contributed by atoms with van der Waals surface area (Å²) in [4.78, 5) is 12.8. The lowest BCUT2D eigenvalue weighted by Gasteiger charge is -2.40. The summed E-state index contributed by atoms with van der Waals surface area (Å²) >= 11 is 0. The molecule has 0 fully saturated rings. The van der Waals surface area contributed by atoms with E-state index in [9.17, 15) is 15.0 Å². The van der Waals surface area contributed by atoms with Gasteiger partial charge in [0.2, 0.25) is 0 Å². The zero-order valence-corrected chi connectivity index (χ0v) is 12.4. The number of carboxylic acid groups (broad SMARTS) is 1. The maximum Gasteiger partial charge on any atom is 0.304 e. The first-order valence-corrected chi connectivity index (χ1v) is 6.64. The van der Waals surface area contributed by atoms with E-state index in [1.165, 1.54) is 12.1 Å². The Morgan fingerprint density at radius 3 is 2.15 bits per heavy atom. The van der Waals surface area contributed by atoms with Crippen molar-refractivity contribution in [1.82, 2.24) is 4.90 Å². The third kappa shape index (κ3) is 3.87. The van der Waals surface area contributed by atoms with Crippen molar-refractivity contribution in [3.63, 3.8) is 0 Å². The molecule has 0 radical (unpaired) electrons. The van der Waals surface area contributed by atoms with Gasteiger partial charge in [0, 0.05) is 18.1 Å². The fraction of sp³-hybridized carbons (Fsp3) is 0.533. The molecule has 0 aliphatic carbocycles. The lowest BCUT2D eigenvalue weighted by molar-refractivity contribution is -0.137. The number of phenols is 2. The molecule has 5 heteroatoms. The van der Waals surface area contributed by atoms with Gasteiger partial charge < -0.3 is 15.3 Å². The molecule has 0 bridgehead atoms. The topological polar surface area (TPSA) is 81.0 Å². The van der Waals surface area contributed by atoms with Crippen LogP contribution >= 0.6 is 0 Å². The molecule has 3 N–H and O–H groups in total. The summed E-state index contributed by atoms with van der Waals surface area (Å²) in [7, 11) is 0. The van der Waals surface area contributed by atoms with Crippen molar-refractivity contribution in [3.05, 3.63) is 23.8 Å². The molecule has 1 rings (SSSR count). The van der Waals surface area contributed by atoms with Crippen molar-refractivity contribution in [2.75, 3.05) is 6.54 Å². The van der Waals surface area contributed by atoms with E-state index in [1.807, 2.05) is 32.6 Å².